The Balaban J connectivity index is 2.00. The fraction of sp³-hybridized carbons (Fsp3) is 0.933. The van der Waals surface area contributed by atoms with Crippen molar-refractivity contribution in [2.45, 2.75) is 70.9 Å². The second kappa shape index (κ2) is 6.05. The van der Waals surface area contributed by atoms with E-state index in [2.05, 4.69) is 18.7 Å². The van der Waals surface area contributed by atoms with Crippen LogP contribution in [0.25, 0.3) is 0 Å². The molecule has 1 aliphatic heterocycles. The molecule has 3 heteroatoms. The molecule has 1 aliphatic carbocycles. The standard InChI is InChI=1S/C15H28N2O/c1-11-5-3-6-12(2)17(11)15(18)14-8-4-7-13(9-14)10-16/h11-14H,3-10,16H2,1-2H3. The average Bonchev–Trinajstić information content (AvgIpc) is 2.38. The average molecular weight is 252 g/mol. The Labute approximate surface area is 111 Å². The molecule has 0 aromatic carbocycles. The Bertz CT molecular complexity index is 282. The minimum atomic E-state index is 0.246. The van der Waals surface area contributed by atoms with Crippen LogP contribution in [0.1, 0.15) is 58.8 Å². The monoisotopic (exact) mass is 252 g/mol. The molecule has 1 heterocycles. The molecular formula is C15H28N2O. The molecule has 3 nitrogen and oxygen atoms in total. The van der Waals surface area contributed by atoms with E-state index in [0.29, 0.717) is 23.9 Å². The van der Waals surface area contributed by atoms with Crippen LogP contribution in [0.5, 0.6) is 0 Å². The van der Waals surface area contributed by atoms with Crippen LogP contribution in [-0.4, -0.2) is 29.4 Å². The molecule has 0 aromatic rings. The molecular weight excluding hydrogens is 224 g/mol. The van der Waals surface area contributed by atoms with Gasteiger partial charge in [-0.3, -0.25) is 4.79 Å². The minimum absolute atomic E-state index is 0.246. The number of hydrogen-bond donors (Lipinski definition) is 1. The summed E-state index contributed by atoms with van der Waals surface area (Å²) >= 11 is 0. The van der Waals surface area contributed by atoms with E-state index < -0.39 is 0 Å². The van der Waals surface area contributed by atoms with Crippen LogP contribution in [0, 0.1) is 11.8 Å². The first-order valence-electron chi connectivity index (χ1n) is 7.65. The lowest BCUT2D eigenvalue weighted by atomic mass is 9.80. The normalized spacial score (nSPS) is 37.6. The SMILES string of the molecule is CC1CCCC(C)N1C(=O)C1CCCC(CN)C1. The zero-order valence-corrected chi connectivity index (χ0v) is 11.9. The number of piperidine rings is 1. The molecule has 0 aromatic heterocycles. The molecule has 2 rings (SSSR count). The van der Waals surface area contributed by atoms with E-state index >= 15 is 0 Å². The Morgan fingerprint density at radius 1 is 1.11 bits per heavy atom. The predicted octanol–water partition coefficient (Wildman–Crippen LogP) is 2.54. The van der Waals surface area contributed by atoms with Crippen LogP contribution in [0.15, 0.2) is 0 Å². The summed E-state index contributed by atoms with van der Waals surface area (Å²) in [6, 6.07) is 0.860. The van der Waals surface area contributed by atoms with Crippen molar-refractivity contribution in [1.29, 1.82) is 0 Å². The van der Waals surface area contributed by atoms with Crippen molar-refractivity contribution in [3.63, 3.8) is 0 Å². The zero-order chi connectivity index (χ0) is 13.1. The summed E-state index contributed by atoms with van der Waals surface area (Å²) in [5, 5.41) is 0. The van der Waals surface area contributed by atoms with Crippen LogP contribution >= 0.6 is 0 Å². The summed E-state index contributed by atoms with van der Waals surface area (Å²) in [5.41, 5.74) is 5.77. The lowest BCUT2D eigenvalue weighted by molar-refractivity contribution is -0.143. The maximum atomic E-state index is 12.7. The first-order chi connectivity index (χ1) is 8.63. The molecule has 2 fully saturated rings. The lowest BCUT2D eigenvalue weighted by Crippen LogP contribution is -2.50. The van der Waals surface area contributed by atoms with Gasteiger partial charge in [-0.05, 0) is 64.8 Å². The fourth-order valence-electron chi connectivity index (χ4n) is 3.80. The molecule has 4 unspecified atom stereocenters. The summed E-state index contributed by atoms with van der Waals surface area (Å²) in [6.45, 7) is 5.16. The molecule has 0 bridgehead atoms. The van der Waals surface area contributed by atoms with Gasteiger partial charge in [-0.1, -0.05) is 6.42 Å². The molecule has 1 saturated heterocycles. The quantitative estimate of drug-likeness (QED) is 0.821. The smallest absolute Gasteiger partial charge is 0.226 e. The maximum absolute atomic E-state index is 12.7. The molecule has 2 aliphatic rings. The largest absolute Gasteiger partial charge is 0.337 e. The summed E-state index contributed by atoms with van der Waals surface area (Å²) in [7, 11) is 0. The van der Waals surface area contributed by atoms with Crippen molar-refractivity contribution in [1.82, 2.24) is 4.90 Å². The number of nitrogens with two attached hydrogens (primary N) is 1. The highest BCUT2D eigenvalue weighted by Crippen LogP contribution is 2.32. The van der Waals surface area contributed by atoms with Crippen molar-refractivity contribution in [2.24, 2.45) is 17.6 Å². The van der Waals surface area contributed by atoms with Crippen molar-refractivity contribution in [3.05, 3.63) is 0 Å². The van der Waals surface area contributed by atoms with E-state index in [1.807, 2.05) is 0 Å². The lowest BCUT2D eigenvalue weighted by Gasteiger charge is -2.42. The van der Waals surface area contributed by atoms with Gasteiger partial charge in [0, 0.05) is 18.0 Å². The van der Waals surface area contributed by atoms with Gasteiger partial charge in [-0.25, -0.2) is 0 Å². The molecule has 0 spiro atoms. The second-order valence-corrected chi connectivity index (χ2v) is 6.34. The highest BCUT2D eigenvalue weighted by atomic mass is 16.2. The number of amides is 1. The third-order valence-electron chi connectivity index (χ3n) is 4.91. The first kappa shape index (κ1) is 13.9. The zero-order valence-electron chi connectivity index (χ0n) is 11.9. The third-order valence-corrected chi connectivity index (χ3v) is 4.91. The second-order valence-electron chi connectivity index (χ2n) is 6.34. The number of nitrogens with zero attached hydrogens (tertiary/aromatic N) is 1. The van der Waals surface area contributed by atoms with Gasteiger partial charge in [-0.15, -0.1) is 0 Å². The van der Waals surface area contributed by atoms with Crippen LogP contribution < -0.4 is 5.73 Å². The van der Waals surface area contributed by atoms with Crippen LogP contribution in [0.3, 0.4) is 0 Å². The minimum Gasteiger partial charge on any atom is -0.337 e. The molecule has 4 atom stereocenters. The number of carbonyl (C=O) groups is 1. The van der Waals surface area contributed by atoms with Gasteiger partial charge < -0.3 is 10.6 Å². The Hall–Kier alpha value is -0.570. The van der Waals surface area contributed by atoms with E-state index in [0.717, 1.165) is 19.4 Å². The van der Waals surface area contributed by atoms with Crippen LogP contribution in [-0.2, 0) is 4.79 Å². The van der Waals surface area contributed by atoms with Gasteiger partial charge >= 0.3 is 0 Å². The van der Waals surface area contributed by atoms with Gasteiger partial charge in [-0.2, -0.15) is 0 Å². The van der Waals surface area contributed by atoms with Gasteiger partial charge in [0.25, 0.3) is 0 Å². The fourth-order valence-corrected chi connectivity index (χ4v) is 3.80. The van der Waals surface area contributed by atoms with Crippen molar-refractivity contribution in [3.8, 4) is 0 Å². The van der Waals surface area contributed by atoms with E-state index in [4.69, 9.17) is 5.73 Å². The number of likely N-dealkylation sites (tertiary alicyclic amines) is 1. The topological polar surface area (TPSA) is 46.3 Å². The molecule has 2 N–H and O–H groups in total. The number of rotatable bonds is 2. The summed E-state index contributed by atoms with van der Waals surface area (Å²) in [6.07, 6.45) is 8.09. The van der Waals surface area contributed by atoms with Crippen molar-refractivity contribution >= 4 is 5.91 Å². The van der Waals surface area contributed by atoms with Crippen LogP contribution in [0.4, 0.5) is 0 Å². The van der Waals surface area contributed by atoms with Gasteiger partial charge in [0.1, 0.15) is 0 Å². The Kier molecular flexibility index (Phi) is 4.66. The number of hydrogen-bond acceptors (Lipinski definition) is 2. The molecule has 18 heavy (non-hydrogen) atoms. The van der Waals surface area contributed by atoms with E-state index in [-0.39, 0.29) is 5.92 Å². The van der Waals surface area contributed by atoms with Crippen LogP contribution in [0.2, 0.25) is 0 Å². The maximum Gasteiger partial charge on any atom is 0.226 e. The third kappa shape index (κ3) is 2.87. The Morgan fingerprint density at radius 2 is 1.72 bits per heavy atom. The predicted molar refractivity (Wildman–Crippen MR) is 74.1 cm³/mol. The summed E-state index contributed by atoms with van der Waals surface area (Å²) < 4.78 is 0. The van der Waals surface area contributed by atoms with E-state index in [1.54, 1.807) is 0 Å². The van der Waals surface area contributed by atoms with Gasteiger partial charge in [0.05, 0.1) is 0 Å². The molecule has 1 saturated carbocycles. The first-order valence-corrected chi connectivity index (χ1v) is 7.65. The molecule has 0 radical (unpaired) electrons. The van der Waals surface area contributed by atoms with Gasteiger partial charge in [0.15, 0.2) is 0 Å². The van der Waals surface area contributed by atoms with Crippen molar-refractivity contribution < 1.29 is 4.79 Å². The number of carbonyl (C=O) groups excluding carboxylic acids is 1. The van der Waals surface area contributed by atoms with Gasteiger partial charge in [0.2, 0.25) is 5.91 Å². The summed E-state index contributed by atoms with van der Waals surface area (Å²) in [5.74, 6) is 1.23. The highest BCUT2D eigenvalue weighted by molar-refractivity contribution is 5.79. The van der Waals surface area contributed by atoms with Crippen molar-refractivity contribution in [2.75, 3.05) is 6.54 Å². The van der Waals surface area contributed by atoms with E-state index in [9.17, 15) is 4.79 Å². The molecule has 104 valence electrons. The molecule has 1 amide bonds. The summed E-state index contributed by atoms with van der Waals surface area (Å²) in [4.78, 5) is 14.9. The van der Waals surface area contributed by atoms with E-state index in [1.165, 1.54) is 32.1 Å². The highest BCUT2D eigenvalue weighted by Gasteiger charge is 2.35. The Morgan fingerprint density at radius 3 is 2.33 bits per heavy atom.